The molecular weight excluding hydrogens is 304 g/mol. The molecule has 2 aliphatic heterocycles. The van der Waals surface area contributed by atoms with Crippen LogP contribution in [0.2, 0.25) is 4.34 Å². The number of hydrogen-bond acceptors (Lipinski definition) is 4. The SMILES string of the molecule is O=S(=O)(c1ccc(Cl)s1)N1CCC2(CCNCC2)C1. The summed E-state index contributed by atoms with van der Waals surface area (Å²) in [6.07, 6.45) is 3.13. The van der Waals surface area contributed by atoms with Crippen molar-refractivity contribution in [2.75, 3.05) is 26.2 Å². The maximum Gasteiger partial charge on any atom is 0.252 e. The molecule has 0 aromatic carbocycles. The maximum absolute atomic E-state index is 12.5. The van der Waals surface area contributed by atoms with Crippen LogP contribution in [-0.4, -0.2) is 38.9 Å². The fourth-order valence-electron chi connectivity index (χ4n) is 3.03. The molecule has 0 radical (unpaired) electrons. The van der Waals surface area contributed by atoms with E-state index in [-0.39, 0.29) is 5.41 Å². The first-order valence-corrected chi connectivity index (χ1v) is 9.12. The minimum absolute atomic E-state index is 0.194. The zero-order valence-corrected chi connectivity index (χ0v) is 13.0. The number of hydrogen-bond donors (Lipinski definition) is 1. The van der Waals surface area contributed by atoms with Crippen molar-refractivity contribution in [3.8, 4) is 0 Å². The molecule has 3 heterocycles. The molecule has 1 aromatic heterocycles. The van der Waals surface area contributed by atoms with Crippen LogP contribution in [0.1, 0.15) is 19.3 Å². The molecule has 3 rings (SSSR count). The van der Waals surface area contributed by atoms with E-state index in [2.05, 4.69) is 5.32 Å². The van der Waals surface area contributed by atoms with Gasteiger partial charge in [-0.05, 0) is 49.9 Å². The molecule has 19 heavy (non-hydrogen) atoms. The molecule has 0 saturated carbocycles. The predicted octanol–water partition coefficient (Wildman–Crippen LogP) is 2.17. The number of nitrogens with one attached hydrogen (secondary N) is 1. The molecule has 0 aliphatic carbocycles. The summed E-state index contributed by atoms with van der Waals surface area (Å²) in [6.45, 7) is 3.29. The third-order valence-electron chi connectivity index (χ3n) is 4.21. The molecule has 0 bridgehead atoms. The lowest BCUT2D eigenvalue weighted by atomic mass is 9.78. The van der Waals surface area contributed by atoms with Crippen molar-refractivity contribution in [1.82, 2.24) is 9.62 Å². The van der Waals surface area contributed by atoms with Gasteiger partial charge in [-0.2, -0.15) is 4.31 Å². The van der Waals surface area contributed by atoms with Crippen molar-refractivity contribution in [2.24, 2.45) is 5.41 Å². The van der Waals surface area contributed by atoms with Crippen LogP contribution < -0.4 is 5.32 Å². The van der Waals surface area contributed by atoms with E-state index >= 15 is 0 Å². The molecule has 4 nitrogen and oxygen atoms in total. The summed E-state index contributed by atoms with van der Waals surface area (Å²) in [5, 5.41) is 3.34. The summed E-state index contributed by atoms with van der Waals surface area (Å²) < 4.78 is 27.6. The number of sulfonamides is 1. The lowest BCUT2D eigenvalue weighted by Crippen LogP contribution is -2.39. The van der Waals surface area contributed by atoms with Crippen molar-refractivity contribution < 1.29 is 8.42 Å². The van der Waals surface area contributed by atoms with Gasteiger partial charge in [-0.15, -0.1) is 11.3 Å². The van der Waals surface area contributed by atoms with Crippen LogP contribution in [0.3, 0.4) is 0 Å². The molecular formula is C12H17ClN2O2S2. The third-order valence-corrected chi connectivity index (χ3v) is 7.75. The van der Waals surface area contributed by atoms with Gasteiger partial charge in [-0.25, -0.2) is 8.42 Å². The average molecular weight is 321 g/mol. The zero-order chi connectivity index (χ0) is 13.5. The molecule has 2 aliphatic rings. The fourth-order valence-corrected chi connectivity index (χ4v) is 6.22. The standard InChI is InChI=1S/C12H17ClN2O2S2/c13-10-1-2-11(18-10)19(16,17)15-8-5-12(9-15)3-6-14-7-4-12/h1-2,14H,3-9H2. The van der Waals surface area contributed by atoms with Gasteiger partial charge in [-0.1, -0.05) is 11.6 Å². The van der Waals surface area contributed by atoms with Gasteiger partial charge in [0.05, 0.1) is 4.34 Å². The van der Waals surface area contributed by atoms with E-state index in [0.29, 0.717) is 21.6 Å². The van der Waals surface area contributed by atoms with Gasteiger partial charge in [0, 0.05) is 13.1 Å². The number of rotatable bonds is 2. The summed E-state index contributed by atoms with van der Waals surface area (Å²) in [6, 6.07) is 3.26. The third kappa shape index (κ3) is 2.56. The summed E-state index contributed by atoms with van der Waals surface area (Å²) in [7, 11) is -3.35. The normalized spacial score (nSPS) is 24.1. The van der Waals surface area contributed by atoms with Crippen LogP contribution in [-0.2, 0) is 10.0 Å². The molecule has 106 valence electrons. The predicted molar refractivity (Wildman–Crippen MR) is 77.2 cm³/mol. The molecule has 0 atom stereocenters. The van der Waals surface area contributed by atoms with Gasteiger partial charge in [0.25, 0.3) is 10.0 Å². The highest BCUT2D eigenvalue weighted by molar-refractivity contribution is 7.91. The minimum Gasteiger partial charge on any atom is -0.317 e. The van der Waals surface area contributed by atoms with Crippen LogP contribution in [0.15, 0.2) is 16.3 Å². The van der Waals surface area contributed by atoms with Crippen molar-refractivity contribution in [2.45, 2.75) is 23.5 Å². The number of nitrogens with zero attached hydrogens (tertiary/aromatic N) is 1. The summed E-state index contributed by atoms with van der Waals surface area (Å²) >= 11 is 6.98. The Hall–Kier alpha value is -0.140. The first-order chi connectivity index (χ1) is 9.02. The smallest absolute Gasteiger partial charge is 0.252 e. The Kier molecular flexibility index (Phi) is 3.64. The first-order valence-electron chi connectivity index (χ1n) is 6.48. The fraction of sp³-hybridized carbons (Fsp3) is 0.667. The monoisotopic (exact) mass is 320 g/mol. The van der Waals surface area contributed by atoms with Gasteiger partial charge >= 0.3 is 0 Å². The van der Waals surface area contributed by atoms with Gasteiger partial charge < -0.3 is 5.32 Å². The van der Waals surface area contributed by atoms with Gasteiger partial charge in [0.1, 0.15) is 4.21 Å². The number of halogens is 1. The Balaban J connectivity index is 1.80. The van der Waals surface area contributed by atoms with Gasteiger partial charge in [0.15, 0.2) is 0 Å². The highest BCUT2D eigenvalue weighted by atomic mass is 35.5. The number of piperidine rings is 1. The highest BCUT2D eigenvalue weighted by Gasteiger charge is 2.43. The minimum atomic E-state index is -3.35. The average Bonchev–Trinajstić information content (AvgIpc) is 2.98. The van der Waals surface area contributed by atoms with Crippen LogP contribution in [0.4, 0.5) is 0 Å². The topological polar surface area (TPSA) is 49.4 Å². The van der Waals surface area contributed by atoms with Crippen molar-refractivity contribution in [3.63, 3.8) is 0 Å². The van der Waals surface area contributed by atoms with Crippen LogP contribution in [0, 0.1) is 5.41 Å². The van der Waals surface area contributed by atoms with E-state index in [0.717, 1.165) is 43.7 Å². The quantitative estimate of drug-likeness (QED) is 0.908. The molecule has 7 heteroatoms. The Labute approximate surface area is 122 Å². The zero-order valence-electron chi connectivity index (χ0n) is 10.6. The van der Waals surface area contributed by atoms with Crippen molar-refractivity contribution in [3.05, 3.63) is 16.5 Å². The maximum atomic E-state index is 12.5. The second-order valence-electron chi connectivity index (χ2n) is 5.40. The van der Waals surface area contributed by atoms with Crippen LogP contribution >= 0.6 is 22.9 Å². The second kappa shape index (κ2) is 5.00. The molecule has 1 spiro atoms. The summed E-state index contributed by atoms with van der Waals surface area (Å²) in [5.41, 5.74) is 0.194. The Morgan fingerprint density at radius 2 is 2.00 bits per heavy atom. The molecule has 1 aromatic rings. The molecule has 2 fully saturated rings. The molecule has 1 N–H and O–H groups in total. The Morgan fingerprint density at radius 1 is 1.26 bits per heavy atom. The van der Waals surface area contributed by atoms with Gasteiger partial charge in [0.2, 0.25) is 0 Å². The van der Waals surface area contributed by atoms with E-state index < -0.39 is 10.0 Å². The van der Waals surface area contributed by atoms with E-state index in [1.165, 1.54) is 0 Å². The number of thiophene rings is 1. The van der Waals surface area contributed by atoms with E-state index in [9.17, 15) is 8.42 Å². The van der Waals surface area contributed by atoms with E-state index in [4.69, 9.17) is 11.6 Å². The molecule has 2 saturated heterocycles. The van der Waals surface area contributed by atoms with Crippen molar-refractivity contribution in [1.29, 1.82) is 0 Å². The highest BCUT2D eigenvalue weighted by Crippen LogP contribution is 2.41. The lowest BCUT2D eigenvalue weighted by molar-refractivity contribution is 0.218. The van der Waals surface area contributed by atoms with Crippen LogP contribution in [0.5, 0.6) is 0 Å². The molecule has 0 unspecified atom stereocenters. The van der Waals surface area contributed by atoms with Gasteiger partial charge in [-0.3, -0.25) is 0 Å². The van der Waals surface area contributed by atoms with Crippen LogP contribution in [0.25, 0.3) is 0 Å². The Morgan fingerprint density at radius 3 is 2.63 bits per heavy atom. The summed E-state index contributed by atoms with van der Waals surface area (Å²) in [4.78, 5) is 0. The summed E-state index contributed by atoms with van der Waals surface area (Å²) in [5.74, 6) is 0. The molecule has 0 amide bonds. The van der Waals surface area contributed by atoms with E-state index in [1.807, 2.05) is 0 Å². The van der Waals surface area contributed by atoms with Crippen molar-refractivity contribution >= 4 is 33.0 Å². The first kappa shape index (κ1) is 13.8. The second-order valence-corrected chi connectivity index (χ2v) is 9.28. The Bertz CT molecular complexity index is 564. The lowest BCUT2D eigenvalue weighted by Gasteiger charge is -2.33. The largest absolute Gasteiger partial charge is 0.317 e. The van der Waals surface area contributed by atoms with E-state index in [1.54, 1.807) is 16.4 Å².